The number of amides is 2. The number of benzene rings is 1. The number of fused-ring (bicyclic) bond motifs is 1. The third kappa shape index (κ3) is 4.11. The average Bonchev–Trinajstić information content (AvgIpc) is 2.94. The van der Waals surface area contributed by atoms with Crippen LogP contribution < -0.4 is 4.90 Å². The van der Waals surface area contributed by atoms with Gasteiger partial charge < -0.3 is 23.9 Å². The predicted octanol–water partition coefficient (Wildman–Crippen LogP) is 4.04. The van der Waals surface area contributed by atoms with Gasteiger partial charge >= 0.3 is 6.09 Å². The highest BCUT2D eigenvalue weighted by Gasteiger charge is 2.29. The Labute approximate surface area is 177 Å². The zero-order chi connectivity index (χ0) is 21.1. The maximum atomic E-state index is 13.1. The molecule has 0 saturated carbocycles. The van der Waals surface area contributed by atoms with Crippen molar-refractivity contribution in [2.24, 2.45) is 0 Å². The number of rotatable bonds is 3. The molecule has 0 spiro atoms. The number of carbonyl (C=O) groups is 2. The van der Waals surface area contributed by atoms with Gasteiger partial charge in [-0.2, -0.15) is 0 Å². The molecule has 2 fully saturated rings. The molecule has 30 heavy (non-hydrogen) atoms. The third-order valence-corrected chi connectivity index (χ3v) is 6.18. The van der Waals surface area contributed by atoms with Gasteiger partial charge in [-0.3, -0.25) is 4.79 Å². The molecule has 0 atom stereocenters. The van der Waals surface area contributed by atoms with Crippen molar-refractivity contribution in [3.63, 3.8) is 0 Å². The Morgan fingerprint density at radius 1 is 0.967 bits per heavy atom. The quantitative estimate of drug-likeness (QED) is 0.760. The van der Waals surface area contributed by atoms with Crippen LogP contribution in [0.25, 0.3) is 11.0 Å². The van der Waals surface area contributed by atoms with Gasteiger partial charge in [0.15, 0.2) is 5.76 Å². The molecule has 2 aromatic rings. The maximum absolute atomic E-state index is 13.1. The molecule has 4 rings (SSSR count). The summed E-state index contributed by atoms with van der Waals surface area (Å²) in [6, 6.07) is 6.25. The molecule has 1 aromatic heterocycles. The van der Waals surface area contributed by atoms with Gasteiger partial charge in [0, 0.05) is 55.9 Å². The molecule has 3 heterocycles. The van der Waals surface area contributed by atoms with Crippen molar-refractivity contribution in [2.75, 3.05) is 50.8 Å². The van der Waals surface area contributed by atoms with Crippen LogP contribution in [0, 0.1) is 6.92 Å². The summed E-state index contributed by atoms with van der Waals surface area (Å²) in [5.74, 6) is 0.297. The Kier molecular flexibility index (Phi) is 6.16. The number of anilines is 1. The number of hydrogen-bond donors (Lipinski definition) is 0. The Hall–Kier alpha value is -2.70. The van der Waals surface area contributed by atoms with Crippen molar-refractivity contribution in [1.29, 1.82) is 0 Å². The van der Waals surface area contributed by atoms with E-state index in [0.29, 0.717) is 38.5 Å². The zero-order valence-electron chi connectivity index (χ0n) is 18.0. The van der Waals surface area contributed by atoms with Crippen molar-refractivity contribution in [3.05, 3.63) is 29.5 Å². The second-order valence-electron chi connectivity index (χ2n) is 8.12. The minimum Gasteiger partial charge on any atom is -0.451 e. The first-order chi connectivity index (χ1) is 14.6. The molecule has 1 aromatic carbocycles. The first-order valence-corrected chi connectivity index (χ1v) is 11.1. The predicted molar refractivity (Wildman–Crippen MR) is 116 cm³/mol. The van der Waals surface area contributed by atoms with Crippen molar-refractivity contribution < 1.29 is 18.7 Å². The Balaban J connectivity index is 1.49. The zero-order valence-corrected chi connectivity index (χ0v) is 18.0. The first-order valence-electron chi connectivity index (χ1n) is 11.1. The van der Waals surface area contributed by atoms with E-state index in [1.54, 1.807) is 16.7 Å². The number of hydrogen-bond acceptors (Lipinski definition) is 5. The second kappa shape index (κ2) is 8.98. The van der Waals surface area contributed by atoms with Crippen molar-refractivity contribution in [3.8, 4) is 0 Å². The lowest BCUT2D eigenvalue weighted by Gasteiger charge is -2.33. The fourth-order valence-electron chi connectivity index (χ4n) is 4.39. The van der Waals surface area contributed by atoms with Crippen LogP contribution >= 0.6 is 0 Å². The van der Waals surface area contributed by atoms with E-state index >= 15 is 0 Å². The van der Waals surface area contributed by atoms with E-state index in [9.17, 15) is 9.59 Å². The lowest BCUT2D eigenvalue weighted by atomic mass is 10.1. The molecule has 0 radical (unpaired) electrons. The second-order valence-corrected chi connectivity index (χ2v) is 8.12. The highest BCUT2D eigenvalue weighted by molar-refractivity contribution is 5.99. The number of aryl methyl sites for hydroxylation is 1. The van der Waals surface area contributed by atoms with Crippen LogP contribution in [0.5, 0.6) is 0 Å². The van der Waals surface area contributed by atoms with Crippen molar-refractivity contribution >= 4 is 28.7 Å². The summed E-state index contributed by atoms with van der Waals surface area (Å²) < 4.78 is 11.0. The van der Waals surface area contributed by atoms with Crippen molar-refractivity contribution in [1.82, 2.24) is 9.80 Å². The molecule has 0 N–H and O–H groups in total. The van der Waals surface area contributed by atoms with Gasteiger partial charge in [0.25, 0.3) is 5.91 Å². The molecule has 2 aliphatic heterocycles. The summed E-state index contributed by atoms with van der Waals surface area (Å²) >= 11 is 0. The topological polar surface area (TPSA) is 66.2 Å². The summed E-state index contributed by atoms with van der Waals surface area (Å²) in [5.41, 5.74) is 2.84. The monoisotopic (exact) mass is 413 g/mol. The van der Waals surface area contributed by atoms with Crippen LogP contribution in [0.2, 0.25) is 0 Å². The molecule has 2 aliphatic rings. The van der Waals surface area contributed by atoms with Gasteiger partial charge in [0.05, 0.1) is 6.61 Å². The van der Waals surface area contributed by atoms with E-state index in [-0.39, 0.29) is 12.0 Å². The van der Waals surface area contributed by atoms with E-state index in [2.05, 4.69) is 17.0 Å². The standard InChI is InChI=1S/C23H31N3O4/c1-3-29-23(28)26-14-12-25(13-15-26)22(27)21-17(2)19-16-18(8-9-20(19)30-21)24-10-6-4-5-7-11-24/h8-9,16H,3-7,10-15H2,1-2H3. The first kappa shape index (κ1) is 20.6. The molecule has 2 saturated heterocycles. The van der Waals surface area contributed by atoms with E-state index in [0.717, 1.165) is 29.6 Å². The van der Waals surface area contributed by atoms with Gasteiger partial charge in [-0.15, -0.1) is 0 Å². The summed E-state index contributed by atoms with van der Waals surface area (Å²) in [6.07, 6.45) is 4.73. The fraction of sp³-hybridized carbons (Fsp3) is 0.565. The van der Waals surface area contributed by atoms with Gasteiger partial charge in [0.2, 0.25) is 0 Å². The van der Waals surface area contributed by atoms with Gasteiger partial charge in [-0.25, -0.2) is 4.79 Å². The van der Waals surface area contributed by atoms with Crippen LogP contribution in [0.15, 0.2) is 22.6 Å². The number of piperazine rings is 1. The molecule has 0 aliphatic carbocycles. The molecular formula is C23H31N3O4. The molecule has 162 valence electrons. The molecule has 2 amide bonds. The normalized spacial score (nSPS) is 17.9. The number of ether oxygens (including phenoxy) is 1. The molecule has 7 nitrogen and oxygen atoms in total. The van der Waals surface area contributed by atoms with E-state index in [1.807, 2.05) is 13.0 Å². The lowest BCUT2D eigenvalue weighted by molar-refractivity contribution is 0.0547. The summed E-state index contributed by atoms with van der Waals surface area (Å²) in [7, 11) is 0. The smallest absolute Gasteiger partial charge is 0.409 e. The molecule has 0 unspecified atom stereocenters. The summed E-state index contributed by atoms with van der Waals surface area (Å²) in [5, 5.41) is 1.00. The maximum Gasteiger partial charge on any atom is 0.409 e. The van der Waals surface area contributed by atoms with Crippen LogP contribution in [-0.4, -0.2) is 67.7 Å². The van der Waals surface area contributed by atoms with Gasteiger partial charge in [-0.1, -0.05) is 12.8 Å². The lowest BCUT2D eigenvalue weighted by Crippen LogP contribution is -2.50. The minimum atomic E-state index is -0.314. The molecule has 0 bridgehead atoms. The number of furan rings is 1. The van der Waals surface area contributed by atoms with E-state index in [1.165, 1.54) is 31.4 Å². The number of nitrogens with zero attached hydrogens (tertiary/aromatic N) is 3. The van der Waals surface area contributed by atoms with Crippen LogP contribution in [0.3, 0.4) is 0 Å². The number of carbonyl (C=O) groups excluding carboxylic acids is 2. The average molecular weight is 414 g/mol. The van der Waals surface area contributed by atoms with Crippen LogP contribution in [0.4, 0.5) is 10.5 Å². The van der Waals surface area contributed by atoms with Gasteiger partial charge in [0.1, 0.15) is 5.58 Å². The van der Waals surface area contributed by atoms with Crippen LogP contribution in [-0.2, 0) is 4.74 Å². The third-order valence-electron chi connectivity index (χ3n) is 6.18. The van der Waals surface area contributed by atoms with E-state index < -0.39 is 0 Å². The largest absolute Gasteiger partial charge is 0.451 e. The summed E-state index contributed by atoms with van der Waals surface area (Å²) in [4.78, 5) is 30.8. The fourth-order valence-corrected chi connectivity index (χ4v) is 4.39. The van der Waals surface area contributed by atoms with Gasteiger partial charge in [-0.05, 0) is 44.9 Å². The highest BCUT2D eigenvalue weighted by atomic mass is 16.6. The van der Waals surface area contributed by atoms with E-state index in [4.69, 9.17) is 9.15 Å². The molecular weight excluding hydrogens is 382 g/mol. The summed E-state index contributed by atoms with van der Waals surface area (Å²) in [6.45, 7) is 8.18. The molecule has 7 heteroatoms. The van der Waals surface area contributed by atoms with Crippen molar-refractivity contribution in [2.45, 2.75) is 39.5 Å². The SMILES string of the molecule is CCOC(=O)N1CCN(C(=O)c2oc3ccc(N4CCCCCC4)cc3c2C)CC1. The Morgan fingerprint density at radius 3 is 2.30 bits per heavy atom. The Bertz CT molecular complexity index is 907. The highest BCUT2D eigenvalue weighted by Crippen LogP contribution is 2.31. The van der Waals surface area contributed by atoms with Crippen LogP contribution in [0.1, 0.15) is 48.7 Å². The Morgan fingerprint density at radius 2 is 1.63 bits per heavy atom. The minimum absolute atomic E-state index is 0.108.